The topological polar surface area (TPSA) is 30.7 Å². The number of aryl methyl sites for hydroxylation is 1. The Bertz CT molecular complexity index is 563. The minimum Gasteiger partial charge on any atom is -0.240 e. The fraction of sp³-hybridized carbons (Fsp3) is 0.231. The van der Waals surface area contributed by atoms with Crippen molar-refractivity contribution in [2.75, 3.05) is 6.26 Å². The third kappa shape index (κ3) is 3.64. The van der Waals surface area contributed by atoms with Gasteiger partial charge in [-0.3, -0.25) is 0 Å². The monoisotopic (exact) mass is 281 g/mol. The van der Waals surface area contributed by atoms with Crippen LogP contribution in [-0.2, 0) is 6.54 Å². The fourth-order valence-corrected chi connectivity index (χ4v) is 2.15. The molecule has 1 aromatic carbocycles. The third-order valence-electron chi connectivity index (χ3n) is 2.49. The van der Waals surface area contributed by atoms with Crippen LogP contribution in [0.4, 0.5) is 8.78 Å². The summed E-state index contributed by atoms with van der Waals surface area (Å²) < 4.78 is 25.7. The van der Waals surface area contributed by atoms with E-state index in [1.54, 1.807) is 4.68 Å². The predicted molar refractivity (Wildman–Crippen MR) is 72.2 cm³/mol. The molecule has 0 aliphatic heterocycles. The molecule has 2 rings (SSSR count). The summed E-state index contributed by atoms with van der Waals surface area (Å²) in [4.78, 5) is 4.40. The van der Waals surface area contributed by atoms with Crippen molar-refractivity contribution in [2.24, 2.45) is 0 Å². The molecule has 0 amide bonds. The van der Waals surface area contributed by atoms with E-state index in [1.807, 2.05) is 36.6 Å². The highest BCUT2D eigenvalue weighted by Gasteiger charge is 2.10. The number of hydrogen-bond acceptors (Lipinski definition) is 3. The zero-order valence-corrected chi connectivity index (χ0v) is 11.2. The quantitative estimate of drug-likeness (QED) is 0.780. The van der Waals surface area contributed by atoms with Crippen LogP contribution in [0.1, 0.15) is 6.42 Å². The van der Waals surface area contributed by atoms with Crippen LogP contribution in [0.3, 0.4) is 0 Å². The van der Waals surface area contributed by atoms with Gasteiger partial charge in [0.25, 0.3) is 6.08 Å². The van der Waals surface area contributed by atoms with E-state index < -0.39 is 6.08 Å². The Kier molecular flexibility index (Phi) is 4.68. The Morgan fingerprint density at radius 2 is 2.05 bits per heavy atom. The molecule has 1 aromatic heterocycles. The average molecular weight is 281 g/mol. The molecule has 0 atom stereocenters. The molecule has 0 saturated carbocycles. The van der Waals surface area contributed by atoms with E-state index in [2.05, 4.69) is 10.1 Å². The Balaban J connectivity index is 2.20. The van der Waals surface area contributed by atoms with Gasteiger partial charge in [-0.1, -0.05) is 42.1 Å². The maximum Gasteiger partial charge on any atom is 0.266 e. The molecule has 0 unspecified atom stereocenters. The lowest BCUT2D eigenvalue weighted by Crippen LogP contribution is -2.01. The van der Waals surface area contributed by atoms with Crippen molar-refractivity contribution in [3.63, 3.8) is 0 Å². The van der Waals surface area contributed by atoms with Gasteiger partial charge in [-0.25, -0.2) is 9.67 Å². The van der Waals surface area contributed by atoms with Crippen molar-refractivity contribution < 1.29 is 8.78 Å². The van der Waals surface area contributed by atoms with Crippen LogP contribution in [0.15, 0.2) is 47.6 Å². The lowest BCUT2D eigenvalue weighted by Gasteiger charge is -2.00. The van der Waals surface area contributed by atoms with E-state index >= 15 is 0 Å². The molecule has 0 saturated heterocycles. The molecule has 0 spiro atoms. The number of benzene rings is 1. The lowest BCUT2D eigenvalue weighted by molar-refractivity contribution is 0.414. The van der Waals surface area contributed by atoms with E-state index in [-0.39, 0.29) is 6.42 Å². The average Bonchev–Trinajstić information content (AvgIpc) is 2.83. The Morgan fingerprint density at radius 1 is 1.32 bits per heavy atom. The highest BCUT2D eigenvalue weighted by atomic mass is 32.2. The summed E-state index contributed by atoms with van der Waals surface area (Å²) in [5, 5.41) is 5.09. The van der Waals surface area contributed by atoms with Gasteiger partial charge in [0.05, 0.1) is 0 Å². The second kappa shape index (κ2) is 6.47. The SMILES string of the molecule is CSc1nc(-c2ccccc2)nn1CCC=C(F)F. The van der Waals surface area contributed by atoms with Gasteiger partial charge >= 0.3 is 0 Å². The molecular weight excluding hydrogens is 268 g/mol. The third-order valence-corrected chi connectivity index (χ3v) is 3.16. The molecule has 6 heteroatoms. The smallest absolute Gasteiger partial charge is 0.240 e. The number of hydrogen-bond donors (Lipinski definition) is 0. The molecule has 19 heavy (non-hydrogen) atoms. The van der Waals surface area contributed by atoms with Gasteiger partial charge in [-0.2, -0.15) is 8.78 Å². The maximum atomic E-state index is 12.0. The largest absolute Gasteiger partial charge is 0.266 e. The van der Waals surface area contributed by atoms with Crippen molar-refractivity contribution in [3.8, 4) is 11.4 Å². The van der Waals surface area contributed by atoms with E-state index in [9.17, 15) is 8.78 Å². The van der Waals surface area contributed by atoms with Crippen LogP contribution >= 0.6 is 11.8 Å². The zero-order chi connectivity index (χ0) is 13.7. The van der Waals surface area contributed by atoms with Crippen molar-refractivity contribution in [1.29, 1.82) is 0 Å². The van der Waals surface area contributed by atoms with Gasteiger partial charge in [0.15, 0.2) is 11.0 Å². The van der Waals surface area contributed by atoms with Crippen LogP contribution in [-0.4, -0.2) is 21.0 Å². The molecule has 100 valence electrons. The van der Waals surface area contributed by atoms with Gasteiger partial charge in [0.1, 0.15) is 0 Å². The molecule has 0 fully saturated rings. The number of thioether (sulfide) groups is 1. The number of halogens is 2. The predicted octanol–water partition coefficient (Wildman–Crippen LogP) is 3.84. The zero-order valence-electron chi connectivity index (χ0n) is 10.4. The second-order valence-electron chi connectivity index (χ2n) is 3.79. The number of nitrogens with zero attached hydrogens (tertiary/aromatic N) is 3. The summed E-state index contributed by atoms with van der Waals surface area (Å²) in [7, 11) is 0. The molecule has 0 aliphatic carbocycles. The summed E-state index contributed by atoms with van der Waals surface area (Å²) in [5.74, 6) is 0.620. The summed E-state index contributed by atoms with van der Waals surface area (Å²) in [6.07, 6.45) is 1.37. The summed E-state index contributed by atoms with van der Waals surface area (Å²) in [6, 6.07) is 9.59. The maximum absolute atomic E-state index is 12.0. The van der Waals surface area contributed by atoms with E-state index in [0.717, 1.165) is 16.8 Å². The van der Waals surface area contributed by atoms with Crippen molar-refractivity contribution >= 4 is 11.8 Å². The van der Waals surface area contributed by atoms with Gasteiger partial charge < -0.3 is 0 Å². The van der Waals surface area contributed by atoms with Gasteiger partial charge in [0.2, 0.25) is 0 Å². The first-order valence-corrected chi connectivity index (χ1v) is 6.98. The Morgan fingerprint density at radius 3 is 2.68 bits per heavy atom. The van der Waals surface area contributed by atoms with Crippen LogP contribution in [0.2, 0.25) is 0 Å². The van der Waals surface area contributed by atoms with Crippen LogP contribution in [0.5, 0.6) is 0 Å². The van der Waals surface area contributed by atoms with Gasteiger partial charge in [-0.05, 0) is 18.8 Å². The molecule has 0 N–H and O–H groups in total. The van der Waals surface area contributed by atoms with Crippen LogP contribution in [0, 0.1) is 0 Å². The van der Waals surface area contributed by atoms with E-state index in [4.69, 9.17) is 0 Å². The first-order chi connectivity index (χ1) is 9.20. The summed E-state index contributed by atoms with van der Waals surface area (Å²) in [6.45, 7) is 0.396. The van der Waals surface area contributed by atoms with Crippen molar-refractivity contribution in [3.05, 3.63) is 42.5 Å². The van der Waals surface area contributed by atoms with Crippen molar-refractivity contribution in [1.82, 2.24) is 14.8 Å². The highest BCUT2D eigenvalue weighted by molar-refractivity contribution is 7.98. The second-order valence-corrected chi connectivity index (χ2v) is 4.57. The summed E-state index contributed by atoms with van der Waals surface area (Å²) >= 11 is 1.45. The number of rotatable bonds is 5. The van der Waals surface area contributed by atoms with Gasteiger partial charge in [-0.15, -0.1) is 5.10 Å². The molecule has 0 radical (unpaired) electrons. The molecule has 3 nitrogen and oxygen atoms in total. The van der Waals surface area contributed by atoms with Crippen LogP contribution in [0.25, 0.3) is 11.4 Å². The van der Waals surface area contributed by atoms with Crippen molar-refractivity contribution in [2.45, 2.75) is 18.1 Å². The normalized spacial score (nSPS) is 10.5. The lowest BCUT2D eigenvalue weighted by atomic mass is 10.2. The minimum atomic E-state index is -1.66. The molecule has 0 bridgehead atoms. The molecular formula is C13H13F2N3S. The minimum absolute atomic E-state index is 0.244. The standard InChI is InChI=1S/C13H13F2N3S/c1-19-13-16-12(10-6-3-2-4-7-10)17-18(13)9-5-8-11(14)15/h2-4,6-8H,5,9H2,1H3. The molecule has 0 aliphatic rings. The first kappa shape index (κ1) is 13.7. The van der Waals surface area contributed by atoms with E-state index in [1.165, 1.54) is 11.8 Å². The summed E-state index contributed by atoms with van der Waals surface area (Å²) in [5.41, 5.74) is 0.920. The Labute approximate surface area is 114 Å². The Hall–Kier alpha value is -1.69. The fourth-order valence-electron chi connectivity index (χ4n) is 1.63. The van der Waals surface area contributed by atoms with Gasteiger partial charge in [0, 0.05) is 12.1 Å². The molecule has 1 heterocycles. The van der Waals surface area contributed by atoms with Crippen LogP contribution < -0.4 is 0 Å². The highest BCUT2D eigenvalue weighted by Crippen LogP contribution is 2.20. The van der Waals surface area contributed by atoms with E-state index in [0.29, 0.717) is 12.4 Å². The first-order valence-electron chi connectivity index (χ1n) is 5.76. The number of allylic oxidation sites excluding steroid dienone is 1. The molecule has 2 aromatic rings. The number of aromatic nitrogens is 3.